The third-order valence-electron chi connectivity index (χ3n) is 3.05. The van der Waals surface area contributed by atoms with Crippen molar-refractivity contribution in [1.29, 1.82) is 0 Å². The molecule has 0 bridgehead atoms. The Bertz CT molecular complexity index is 680. The average Bonchev–Trinajstić information content (AvgIpc) is 2.38. The summed E-state index contributed by atoms with van der Waals surface area (Å²) in [6.07, 6.45) is 0. The van der Waals surface area contributed by atoms with Crippen LogP contribution in [0.5, 0.6) is 0 Å². The minimum Gasteiger partial charge on any atom is -0.398 e. The topological polar surface area (TPSA) is 63.4 Å². The fourth-order valence-electron chi connectivity index (χ4n) is 1.86. The first-order chi connectivity index (χ1) is 8.48. The summed E-state index contributed by atoms with van der Waals surface area (Å²) in [6.45, 7) is 2.23. The lowest BCUT2D eigenvalue weighted by atomic mass is 10.1. The Balaban J connectivity index is 2.78. The third kappa shape index (κ3) is 1.95. The Morgan fingerprint density at radius 1 is 1.11 bits per heavy atom. The van der Waals surface area contributed by atoms with Gasteiger partial charge in [-0.25, -0.2) is 12.7 Å². The zero-order valence-electron chi connectivity index (χ0n) is 10.4. The van der Waals surface area contributed by atoms with Crippen molar-refractivity contribution in [3.8, 4) is 0 Å². The molecular formula is C13H16N2O2S. The van der Waals surface area contributed by atoms with E-state index in [1.165, 1.54) is 4.31 Å². The highest BCUT2D eigenvalue weighted by Crippen LogP contribution is 2.29. The van der Waals surface area contributed by atoms with Crippen LogP contribution in [0.15, 0.2) is 41.3 Å². The van der Waals surface area contributed by atoms with Crippen molar-refractivity contribution in [2.45, 2.75) is 11.8 Å². The predicted molar refractivity (Wildman–Crippen MR) is 73.9 cm³/mol. The zero-order valence-corrected chi connectivity index (χ0v) is 11.2. The zero-order chi connectivity index (χ0) is 13.3. The van der Waals surface area contributed by atoms with Crippen LogP contribution in [-0.4, -0.2) is 26.3 Å². The van der Waals surface area contributed by atoms with Gasteiger partial charge in [0.25, 0.3) is 0 Å². The van der Waals surface area contributed by atoms with E-state index >= 15 is 0 Å². The highest BCUT2D eigenvalue weighted by atomic mass is 32.2. The summed E-state index contributed by atoms with van der Waals surface area (Å²) < 4.78 is 26.1. The van der Waals surface area contributed by atoms with Crippen LogP contribution in [0.25, 0.3) is 10.8 Å². The summed E-state index contributed by atoms with van der Waals surface area (Å²) in [7, 11) is -1.88. The van der Waals surface area contributed by atoms with Crippen molar-refractivity contribution >= 4 is 26.5 Å². The highest BCUT2D eigenvalue weighted by Gasteiger charge is 2.22. The van der Waals surface area contributed by atoms with Gasteiger partial charge in [-0.05, 0) is 12.1 Å². The maximum atomic E-state index is 12.4. The molecular weight excluding hydrogens is 248 g/mol. The predicted octanol–water partition coefficient (Wildman–Crippen LogP) is 2.06. The summed E-state index contributed by atoms with van der Waals surface area (Å²) in [5, 5.41) is 1.43. The minimum absolute atomic E-state index is 0.302. The number of sulfonamides is 1. The molecule has 0 aromatic heterocycles. The largest absolute Gasteiger partial charge is 0.398 e. The van der Waals surface area contributed by atoms with Gasteiger partial charge in [-0.3, -0.25) is 0 Å². The van der Waals surface area contributed by atoms with Gasteiger partial charge in [0.15, 0.2) is 0 Å². The van der Waals surface area contributed by atoms with Gasteiger partial charge in [-0.15, -0.1) is 0 Å². The van der Waals surface area contributed by atoms with Crippen LogP contribution in [0, 0.1) is 0 Å². The number of nitrogen functional groups attached to an aromatic ring is 1. The second-order valence-electron chi connectivity index (χ2n) is 4.12. The molecule has 2 aromatic carbocycles. The first kappa shape index (κ1) is 12.9. The van der Waals surface area contributed by atoms with Crippen LogP contribution in [0.4, 0.5) is 5.69 Å². The van der Waals surface area contributed by atoms with Crippen molar-refractivity contribution in [1.82, 2.24) is 4.31 Å². The molecule has 5 heteroatoms. The van der Waals surface area contributed by atoms with Gasteiger partial charge in [0.1, 0.15) is 0 Å². The maximum absolute atomic E-state index is 12.4. The average molecular weight is 264 g/mol. The van der Waals surface area contributed by atoms with Crippen molar-refractivity contribution in [3.05, 3.63) is 36.4 Å². The number of nitrogens with two attached hydrogens (primary N) is 1. The van der Waals surface area contributed by atoms with Crippen LogP contribution in [0.2, 0.25) is 0 Å². The van der Waals surface area contributed by atoms with Gasteiger partial charge in [0.05, 0.1) is 4.90 Å². The summed E-state index contributed by atoms with van der Waals surface area (Å²) in [5.41, 5.74) is 6.46. The quantitative estimate of drug-likeness (QED) is 0.863. The van der Waals surface area contributed by atoms with Crippen LogP contribution in [-0.2, 0) is 10.0 Å². The standard InChI is InChI=1S/C13H16N2O2S/c1-3-15(2)18(16,17)13-9-8-12(14)10-6-4-5-7-11(10)13/h4-9H,3,14H2,1-2H3. The number of hydrogen-bond donors (Lipinski definition) is 1. The fourth-order valence-corrected chi connectivity index (χ4v) is 3.23. The van der Waals surface area contributed by atoms with Gasteiger partial charge in [0, 0.05) is 30.1 Å². The van der Waals surface area contributed by atoms with E-state index in [9.17, 15) is 8.42 Å². The fraction of sp³-hybridized carbons (Fsp3) is 0.231. The van der Waals surface area contributed by atoms with Crippen molar-refractivity contribution in [3.63, 3.8) is 0 Å². The lowest BCUT2D eigenvalue weighted by Crippen LogP contribution is -2.26. The first-order valence-corrected chi connectivity index (χ1v) is 7.16. The summed E-state index contributed by atoms with van der Waals surface area (Å²) >= 11 is 0. The monoisotopic (exact) mass is 264 g/mol. The summed E-state index contributed by atoms with van der Waals surface area (Å²) in [6, 6.07) is 10.5. The van der Waals surface area contributed by atoms with Crippen molar-refractivity contribution in [2.24, 2.45) is 0 Å². The molecule has 0 aliphatic heterocycles. The maximum Gasteiger partial charge on any atom is 0.243 e. The number of rotatable bonds is 3. The molecule has 0 saturated heterocycles. The molecule has 18 heavy (non-hydrogen) atoms. The van der Waals surface area contributed by atoms with E-state index in [4.69, 9.17) is 5.73 Å². The Labute approximate surface area is 107 Å². The van der Waals surface area contributed by atoms with Crippen LogP contribution in [0.1, 0.15) is 6.92 Å². The molecule has 0 radical (unpaired) electrons. The van der Waals surface area contributed by atoms with Crippen LogP contribution < -0.4 is 5.73 Å². The van der Waals surface area contributed by atoms with Crippen LogP contribution in [0.3, 0.4) is 0 Å². The Morgan fingerprint density at radius 2 is 1.72 bits per heavy atom. The van der Waals surface area contributed by atoms with Gasteiger partial charge >= 0.3 is 0 Å². The Hall–Kier alpha value is -1.59. The van der Waals surface area contributed by atoms with E-state index in [1.807, 2.05) is 18.2 Å². The van der Waals surface area contributed by atoms with Gasteiger partial charge < -0.3 is 5.73 Å². The van der Waals surface area contributed by atoms with Crippen LogP contribution >= 0.6 is 0 Å². The molecule has 2 aromatic rings. The normalized spacial score (nSPS) is 12.2. The number of hydrogen-bond acceptors (Lipinski definition) is 3. The highest BCUT2D eigenvalue weighted by molar-refractivity contribution is 7.89. The second-order valence-corrected chi connectivity index (χ2v) is 6.13. The van der Waals surface area contributed by atoms with E-state index in [0.717, 1.165) is 5.39 Å². The van der Waals surface area contributed by atoms with E-state index in [-0.39, 0.29) is 0 Å². The molecule has 0 amide bonds. The lowest BCUT2D eigenvalue weighted by molar-refractivity contribution is 0.487. The SMILES string of the molecule is CCN(C)S(=O)(=O)c1ccc(N)c2ccccc12. The van der Waals surface area contributed by atoms with Crippen molar-refractivity contribution < 1.29 is 8.42 Å². The second kappa shape index (κ2) is 4.59. The smallest absolute Gasteiger partial charge is 0.243 e. The van der Waals surface area contributed by atoms with Gasteiger partial charge in [0.2, 0.25) is 10.0 Å². The van der Waals surface area contributed by atoms with Gasteiger partial charge in [-0.1, -0.05) is 31.2 Å². The first-order valence-electron chi connectivity index (χ1n) is 5.72. The molecule has 0 saturated carbocycles. The molecule has 0 spiro atoms. The van der Waals surface area contributed by atoms with E-state index in [0.29, 0.717) is 22.5 Å². The molecule has 0 aliphatic carbocycles. The molecule has 0 heterocycles. The Morgan fingerprint density at radius 3 is 2.33 bits per heavy atom. The number of fused-ring (bicyclic) bond motifs is 1. The molecule has 4 nitrogen and oxygen atoms in total. The minimum atomic E-state index is -3.45. The number of benzene rings is 2. The molecule has 2 N–H and O–H groups in total. The van der Waals surface area contributed by atoms with Gasteiger partial charge in [-0.2, -0.15) is 0 Å². The summed E-state index contributed by atoms with van der Waals surface area (Å²) in [4.78, 5) is 0.302. The number of nitrogens with zero attached hydrogens (tertiary/aromatic N) is 1. The third-order valence-corrected chi connectivity index (χ3v) is 5.04. The molecule has 0 aliphatic rings. The van der Waals surface area contributed by atoms with Crippen molar-refractivity contribution in [2.75, 3.05) is 19.3 Å². The molecule has 0 atom stereocenters. The summed E-state index contributed by atoms with van der Waals surface area (Å²) in [5.74, 6) is 0. The molecule has 0 unspecified atom stereocenters. The van der Waals surface area contributed by atoms with E-state index < -0.39 is 10.0 Å². The number of anilines is 1. The Kier molecular flexibility index (Phi) is 3.28. The van der Waals surface area contributed by atoms with E-state index in [2.05, 4.69) is 0 Å². The molecule has 2 rings (SSSR count). The lowest BCUT2D eigenvalue weighted by Gasteiger charge is -2.17. The molecule has 0 fully saturated rings. The molecule has 96 valence electrons. The van der Waals surface area contributed by atoms with E-state index in [1.54, 1.807) is 32.2 Å².